The fourth-order valence-corrected chi connectivity index (χ4v) is 6.64. The van der Waals surface area contributed by atoms with Crippen molar-refractivity contribution in [2.75, 3.05) is 30.0 Å². The van der Waals surface area contributed by atoms with Crippen molar-refractivity contribution in [2.24, 2.45) is 11.8 Å². The maximum atomic E-state index is 13.0. The number of aromatic nitrogens is 1. The zero-order chi connectivity index (χ0) is 41.6. The molecule has 1 fully saturated rings. The van der Waals surface area contributed by atoms with Gasteiger partial charge in [-0.15, -0.1) is 0 Å². The summed E-state index contributed by atoms with van der Waals surface area (Å²) < 4.78 is 26.7. The van der Waals surface area contributed by atoms with E-state index in [0.29, 0.717) is 23.9 Å². The molecule has 3 rings (SSSR count). The molecule has 0 aliphatic heterocycles. The van der Waals surface area contributed by atoms with Gasteiger partial charge in [0.15, 0.2) is 6.10 Å². The lowest BCUT2D eigenvalue weighted by Crippen LogP contribution is -2.42. The molecule has 14 heteroatoms. The maximum Gasteiger partial charge on any atom is 0.306 e. The van der Waals surface area contributed by atoms with Crippen LogP contribution < -0.4 is 10.2 Å². The first-order chi connectivity index (χ1) is 26.3. The van der Waals surface area contributed by atoms with E-state index in [2.05, 4.69) is 47.2 Å². The minimum Gasteiger partial charge on any atom is -0.462 e. The highest BCUT2D eigenvalue weighted by molar-refractivity contribution is 6.29. The third-order valence-corrected chi connectivity index (χ3v) is 9.24. The zero-order valence-corrected chi connectivity index (χ0v) is 35.1. The first kappa shape index (κ1) is 46.0. The molecule has 0 spiro atoms. The molecule has 1 heterocycles. The number of nitrogens with zero attached hydrogens (tertiary/aromatic N) is 2. The van der Waals surface area contributed by atoms with Crippen molar-refractivity contribution in [1.29, 1.82) is 0 Å². The Kier molecular flexibility index (Phi) is 17.9. The number of hydrogen-bond acceptors (Lipinski definition) is 13. The number of esters is 5. The van der Waals surface area contributed by atoms with Gasteiger partial charge in [-0.25, -0.2) is 4.98 Å². The Morgan fingerprint density at radius 2 is 1.48 bits per heavy atom. The van der Waals surface area contributed by atoms with Crippen molar-refractivity contribution < 1.29 is 47.7 Å². The normalized spacial score (nSPS) is 16.7. The Balaban J connectivity index is 1.67. The van der Waals surface area contributed by atoms with Crippen molar-refractivity contribution in [1.82, 2.24) is 4.98 Å². The molecular formula is C42H60ClN3O10. The standard InChI is InChI=1S/C42H60ClN3O10/c1-26(2)23-46(37-16-10-31(28(4)20-41(51)56-42(7,8)9)21-36(37)45-32-11-17-38(43)44-22-32)33-12-14-34(15-13-33)54-39(49)18-27(3)19-40(50)55-35(24-52-29(5)47)25-53-30(6)48/h10-11,16-17,21-22,26-28,33-35,45H,12-15,18-20,23-25H2,1-9H3/t27?,28-,33-,34-/m1/s1. The summed E-state index contributed by atoms with van der Waals surface area (Å²) in [6.45, 7) is 16.5. The number of halogens is 1. The molecule has 2 atom stereocenters. The maximum absolute atomic E-state index is 13.0. The molecule has 0 saturated heterocycles. The molecule has 1 N–H and O–H groups in total. The summed E-state index contributed by atoms with van der Waals surface area (Å²) in [4.78, 5) is 67.4. The summed E-state index contributed by atoms with van der Waals surface area (Å²) in [7, 11) is 0. The summed E-state index contributed by atoms with van der Waals surface area (Å²) in [5.41, 5.74) is 3.11. The Hall–Kier alpha value is -4.39. The molecule has 13 nitrogen and oxygen atoms in total. The van der Waals surface area contributed by atoms with E-state index < -0.39 is 29.6 Å². The predicted octanol–water partition coefficient (Wildman–Crippen LogP) is 8.09. The van der Waals surface area contributed by atoms with Crippen molar-refractivity contribution >= 4 is 58.5 Å². The summed E-state index contributed by atoms with van der Waals surface area (Å²) in [5, 5.41) is 3.95. The number of pyridine rings is 1. The van der Waals surface area contributed by atoms with Crippen LogP contribution in [0.25, 0.3) is 0 Å². The number of hydrogen-bond donors (Lipinski definition) is 1. The van der Waals surface area contributed by atoms with Crippen molar-refractivity contribution in [3.63, 3.8) is 0 Å². The number of carbonyl (C=O) groups excluding carboxylic acids is 5. The van der Waals surface area contributed by atoms with Gasteiger partial charge in [0.25, 0.3) is 0 Å². The van der Waals surface area contributed by atoms with Gasteiger partial charge in [0.1, 0.15) is 30.1 Å². The van der Waals surface area contributed by atoms with Gasteiger partial charge >= 0.3 is 29.8 Å². The second-order valence-electron chi connectivity index (χ2n) is 16.2. The molecule has 1 aromatic heterocycles. The third-order valence-electron chi connectivity index (χ3n) is 9.02. The van der Waals surface area contributed by atoms with Crippen LogP contribution in [0.5, 0.6) is 0 Å². The van der Waals surface area contributed by atoms with Crippen LogP contribution in [0.3, 0.4) is 0 Å². The first-order valence-corrected chi connectivity index (χ1v) is 19.8. The van der Waals surface area contributed by atoms with Crippen molar-refractivity contribution in [3.8, 4) is 0 Å². The van der Waals surface area contributed by atoms with Crippen molar-refractivity contribution in [3.05, 3.63) is 47.2 Å². The molecule has 0 amide bonds. The fraction of sp³-hybridized carbons (Fsp3) is 0.619. The Bertz CT molecular complexity index is 1600. The fourth-order valence-electron chi connectivity index (χ4n) is 6.53. The Morgan fingerprint density at radius 3 is 2.04 bits per heavy atom. The minimum atomic E-state index is -0.952. The average molecular weight is 802 g/mol. The van der Waals surface area contributed by atoms with Gasteiger partial charge in [0, 0.05) is 39.3 Å². The molecule has 1 unspecified atom stereocenters. The van der Waals surface area contributed by atoms with Crippen LogP contribution in [0.4, 0.5) is 17.1 Å². The molecule has 310 valence electrons. The largest absolute Gasteiger partial charge is 0.462 e. The van der Waals surface area contributed by atoms with Gasteiger partial charge in [-0.2, -0.15) is 0 Å². The van der Waals surface area contributed by atoms with Crippen LogP contribution in [-0.4, -0.2) is 78.4 Å². The van der Waals surface area contributed by atoms with E-state index in [1.54, 1.807) is 19.2 Å². The highest BCUT2D eigenvalue weighted by Gasteiger charge is 2.31. The molecule has 2 aromatic rings. The van der Waals surface area contributed by atoms with Crippen LogP contribution in [0, 0.1) is 11.8 Å². The van der Waals surface area contributed by atoms with Gasteiger partial charge in [-0.3, -0.25) is 24.0 Å². The lowest BCUT2D eigenvalue weighted by atomic mass is 9.90. The quantitative estimate of drug-likeness (QED) is 0.0826. The van der Waals surface area contributed by atoms with Crippen LogP contribution in [0.2, 0.25) is 5.15 Å². The monoisotopic (exact) mass is 801 g/mol. The molecular weight excluding hydrogens is 742 g/mol. The lowest BCUT2D eigenvalue weighted by Gasteiger charge is -2.40. The first-order valence-electron chi connectivity index (χ1n) is 19.4. The number of anilines is 3. The number of nitrogens with one attached hydrogen (secondary N) is 1. The zero-order valence-electron chi connectivity index (χ0n) is 34.4. The lowest BCUT2D eigenvalue weighted by molar-refractivity contribution is -0.166. The van der Waals surface area contributed by atoms with Crippen molar-refractivity contribution in [2.45, 2.75) is 137 Å². The Morgan fingerprint density at radius 1 is 0.857 bits per heavy atom. The van der Waals surface area contributed by atoms with Gasteiger partial charge in [-0.1, -0.05) is 45.4 Å². The average Bonchev–Trinajstić information content (AvgIpc) is 3.08. The van der Waals surface area contributed by atoms with E-state index in [1.165, 1.54) is 13.8 Å². The van der Waals surface area contributed by atoms with Gasteiger partial charge in [0.2, 0.25) is 0 Å². The van der Waals surface area contributed by atoms with E-state index in [0.717, 1.165) is 42.0 Å². The van der Waals surface area contributed by atoms with E-state index in [1.807, 2.05) is 33.8 Å². The second-order valence-corrected chi connectivity index (χ2v) is 16.5. The number of benzene rings is 1. The molecule has 1 saturated carbocycles. The van der Waals surface area contributed by atoms with Crippen LogP contribution >= 0.6 is 11.6 Å². The van der Waals surface area contributed by atoms with E-state index >= 15 is 0 Å². The van der Waals surface area contributed by atoms with Gasteiger partial charge in [-0.05, 0) is 94.0 Å². The number of carbonyl (C=O) groups is 5. The molecule has 1 aromatic carbocycles. The summed E-state index contributed by atoms with van der Waals surface area (Å²) >= 11 is 6.09. The van der Waals surface area contributed by atoms with Crippen LogP contribution in [-0.2, 0) is 47.7 Å². The number of rotatable bonds is 19. The molecule has 1 aliphatic carbocycles. The number of ether oxygens (including phenoxy) is 5. The van der Waals surface area contributed by atoms with E-state index in [4.69, 9.17) is 35.3 Å². The van der Waals surface area contributed by atoms with Crippen LogP contribution in [0.15, 0.2) is 36.5 Å². The molecule has 1 aliphatic rings. The molecule has 0 radical (unpaired) electrons. The summed E-state index contributed by atoms with van der Waals surface area (Å²) in [6, 6.07) is 10.1. The minimum absolute atomic E-state index is 0.0281. The highest BCUT2D eigenvalue weighted by Crippen LogP contribution is 2.38. The Labute approximate surface area is 336 Å². The second kappa shape index (κ2) is 21.8. The summed E-state index contributed by atoms with van der Waals surface area (Å²) in [5.74, 6) is -2.46. The molecule has 56 heavy (non-hydrogen) atoms. The predicted molar refractivity (Wildman–Crippen MR) is 214 cm³/mol. The van der Waals surface area contributed by atoms with Gasteiger partial charge < -0.3 is 33.9 Å². The molecule has 0 bridgehead atoms. The van der Waals surface area contributed by atoms with Gasteiger partial charge in [0.05, 0.1) is 29.7 Å². The van der Waals surface area contributed by atoms with E-state index in [-0.39, 0.29) is 68.4 Å². The highest BCUT2D eigenvalue weighted by atomic mass is 35.5. The SMILES string of the molecule is CC(=O)OCC(COC(C)=O)OC(=O)CC(C)CC(=O)O[C@H]1CC[C@H](N(CC(C)C)c2ccc([C@H](C)CC(=O)OC(C)(C)C)cc2Nc2ccc(Cl)nc2)CC1. The smallest absolute Gasteiger partial charge is 0.306 e. The summed E-state index contributed by atoms with van der Waals surface area (Å²) in [6.07, 6.45) is 3.67. The van der Waals surface area contributed by atoms with E-state index in [9.17, 15) is 24.0 Å². The topological polar surface area (TPSA) is 160 Å². The van der Waals surface area contributed by atoms with Crippen LogP contribution in [0.1, 0.15) is 119 Å². The third kappa shape index (κ3) is 16.8.